The summed E-state index contributed by atoms with van der Waals surface area (Å²) in [6.45, 7) is 1.79. The molecule has 1 heterocycles. The van der Waals surface area contributed by atoms with Crippen LogP contribution in [-0.2, 0) is 13.0 Å². The Balaban J connectivity index is 1.63. The first-order valence-corrected chi connectivity index (χ1v) is 7.93. The van der Waals surface area contributed by atoms with E-state index in [1.165, 1.54) is 11.3 Å². The van der Waals surface area contributed by atoms with E-state index in [2.05, 4.69) is 64.6 Å². The molecule has 0 atom stereocenters. The number of ether oxygens (including phenoxy) is 1. The summed E-state index contributed by atoms with van der Waals surface area (Å²) < 4.78 is 7.64. The molecule has 3 heteroatoms. The predicted molar refractivity (Wildman–Crippen MR) is 94.2 cm³/mol. The summed E-state index contributed by atoms with van der Waals surface area (Å²) in [5.74, 6) is 0.884. The predicted octanol–water partition coefficient (Wildman–Crippen LogP) is 3.82. The largest absolute Gasteiger partial charge is 0.495 e. The molecule has 0 saturated heterocycles. The molecule has 0 unspecified atom stereocenters. The molecule has 23 heavy (non-hydrogen) atoms. The maximum Gasteiger partial charge on any atom is 0.142 e. The smallest absolute Gasteiger partial charge is 0.142 e. The summed E-state index contributed by atoms with van der Waals surface area (Å²) in [7, 11) is 1.71. The van der Waals surface area contributed by atoms with Crippen molar-refractivity contribution < 1.29 is 4.74 Å². The van der Waals surface area contributed by atoms with Gasteiger partial charge in [0.2, 0.25) is 0 Å². The third-order valence-electron chi connectivity index (χ3n) is 3.92. The third kappa shape index (κ3) is 3.82. The highest BCUT2D eigenvalue weighted by atomic mass is 16.5. The number of hydrogen-bond acceptors (Lipinski definition) is 2. The summed E-state index contributed by atoms with van der Waals surface area (Å²) in [6.07, 6.45) is 3.11. The molecular formula is C20H22N2O. The van der Waals surface area contributed by atoms with Gasteiger partial charge in [0, 0.05) is 18.4 Å². The first-order valence-electron chi connectivity index (χ1n) is 7.93. The van der Waals surface area contributed by atoms with E-state index in [9.17, 15) is 0 Å². The van der Waals surface area contributed by atoms with Crippen LogP contribution in [0.25, 0.3) is 5.69 Å². The van der Waals surface area contributed by atoms with Gasteiger partial charge in [0.15, 0.2) is 0 Å². The lowest BCUT2D eigenvalue weighted by Crippen LogP contribution is -2.18. The molecule has 0 spiro atoms. The highest BCUT2D eigenvalue weighted by molar-refractivity contribution is 5.48. The summed E-state index contributed by atoms with van der Waals surface area (Å²) >= 11 is 0. The molecule has 0 saturated carbocycles. The topological polar surface area (TPSA) is 26.2 Å². The van der Waals surface area contributed by atoms with Crippen molar-refractivity contribution in [3.8, 4) is 11.4 Å². The molecule has 3 aromatic rings. The fourth-order valence-corrected chi connectivity index (χ4v) is 2.72. The lowest BCUT2D eigenvalue weighted by molar-refractivity contribution is 0.412. The molecule has 0 amide bonds. The van der Waals surface area contributed by atoms with Gasteiger partial charge in [0.05, 0.1) is 12.8 Å². The van der Waals surface area contributed by atoms with Gasteiger partial charge in [0.1, 0.15) is 5.75 Å². The van der Waals surface area contributed by atoms with E-state index < -0.39 is 0 Å². The van der Waals surface area contributed by atoms with Crippen LogP contribution in [0.1, 0.15) is 11.3 Å². The molecule has 3 nitrogen and oxygen atoms in total. The Labute approximate surface area is 137 Å². The second-order valence-electron chi connectivity index (χ2n) is 5.45. The fourth-order valence-electron chi connectivity index (χ4n) is 2.72. The molecule has 0 aliphatic carbocycles. The van der Waals surface area contributed by atoms with E-state index in [1.54, 1.807) is 7.11 Å². The van der Waals surface area contributed by atoms with Gasteiger partial charge in [-0.2, -0.15) is 0 Å². The van der Waals surface area contributed by atoms with Gasteiger partial charge in [-0.3, -0.25) is 0 Å². The number of nitrogens with one attached hydrogen (secondary N) is 1. The van der Waals surface area contributed by atoms with Gasteiger partial charge in [-0.25, -0.2) is 0 Å². The number of benzene rings is 2. The van der Waals surface area contributed by atoms with Gasteiger partial charge >= 0.3 is 0 Å². The average molecular weight is 306 g/mol. The number of nitrogens with zero attached hydrogens (tertiary/aromatic N) is 1. The Hall–Kier alpha value is -2.52. The second kappa shape index (κ2) is 7.65. The van der Waals surface area contributed by atoms with E-state index in [1.807, 2.05) is 18.2 Å². The number of para-hydroxylation sites is 2. The molecule has 1 N–H and O–H groups in total. The zero-order valence-corrected chi connectivity index (χ0v) is 13.4. The molecule has 0 aliphatic rings. The number of hydrogen-bond donors (Lipinski definition) is 1. The number of methoxy groups -OCH3 is 1. The van der Waals surface area contributed by atoms with Crippen molar-refractivity contribution in [2.75, 3.05) is 13.7 Å². The number of aromatic nitrogens is 1. The standard InChI is InChI=1S/C20H22N2O/c1-23-20-12-6-5-11-19(20)22-15-7-10-18(22)16-21-14-13-17-8-3-2-4-9-17/h2-12,15,21H,13-14,16H2,1H3. The van der Waals surface area contributed by atoms with Crippen LogP contribution in [-0.4, -0.2) is 18.2 Å². The van der Waals surface area contributed by atoms with E-state index in [-0.39, 0.29) is 0 Å². The molecule has 1 aromatic heterocycles. The van der Waals surface area contributed by atoms with Crippen LogP contribution in [0.5, 0.6) is 5.75 Å². The molecule has 0 bridgehead atoms. The summed E-state index contributed by atoms with van der Waals surface area (Å²) in [4.78, 5) is 0. The highest BCUT2D eigenvalue weighted by Gasteiger charge is 2.07. The van der Waals surface area contributed by atoms with Crippen LogP contribution < -0.4 is 10.1 Å². The third-order valence-corrected chi connectivity index (χ3v) is 3.92. The van der Waals surface area contributed by atoms with E-state index in [4.69, 9.17) is 4.74 Å². The van der Waals surface area contributed by atoms with Gasteiger partial charge in [-0.05, 0) is 42.8 Å². The Kier molecular flexibility index (Phi) is 5.12. The maximum absolute atomic E-state index is 5.47. The Morgan fingerprint density at radius 3 is 2.52 bits per heavy atom. The monoisotopic (exact) mass is 306 g/mol. The van der Waals surface area contributed by atoms with Crippen molar-refractivity contribution in [3.63, 3.8) is 0 Å². The molecule has 0 fully saturated rings. The van der Waals surface area contributed by atoms with Crippen LogP contribution in [0.3, 0.4) is 0 Å². The molecule has 0 aliphatic heterocycles. The first kappa shape index (κ1) is 15.4. The van der Waals surface area contributed by atoms with Gasteiger partial charge < -0.3 is 14.6 Å². The second-order valence-corrected chi connectivity index (χ2v) is 5.45. The zero-order chi connectivity index (χ0) is 15.9. The van der Waals surface area contributed by atoms with Crippen molar-refractivity contribution in [2.45, 2.75) is 13.0 Å². The Bertz CT molecular complexity index is 734. The minimum atomic E-state index is 0.831. The van der Waals surface area contributed by atoms with Crippen LogP contribution >= 0.6 is 0 Å². The minimum Gasteiger partial charge on any atom is -0.495 e. The number of rotatable bonds is 7. The van der Waals surface area contributed by atoms with E-state index in [0.29, 0.717) is 0 Å². The molecule has 2 aromatic carbocycles. The molecule has 118 valence electrons. The quantitative estimate of drug-likeness (QED) is 0.672. The van der Waals surface area contributed by atoms with Crippen LogP contribution in [0.15, 0.2) is 72.9 Å². The van der Waals surface area contributed by atoms with Crippen LogP contribution in [0, 0.1) is 0 Å². The maximum atomic E-state index is 5.47. The summed E-state index contributed by atoms with van der Waals surface area (Å²) in [6, 6.07) is 22.9. The average Bonchev–Trinajstić information content (AvgIpc) is 3.08. The Morgan fingerprint density at radius 2 is 1.70 bits per heavy atom. The summed E-state index contributed by atoms with van der Waals surface area (Å²) in [5.41, 5.74) is 3.66. The zero-order valence-electron chi connectivity index (χ0n) is 13.4. The SMILES string of the molecule is COc1ccccc1-n1cccc1CNCCc1ccccc1. The van der Waals surface area contributed by atoms with Gasteiger partial charge in [-0.15, -0.1) is 0 Å². The van der Waals surface area contributed by atoms with Gasteiger partial charge in [0.25, 0.3) is 0 Å². The fraction of sp³-hybridized carbons (Fsp3) is 0.200. The first-order chi connectivity index (χ1) is 11.4. The molecular weight excluding hydrogens is 284 g/mol. The van der Waals surface area contributed by atoms with Crippen molar-refractivity contribution in [3.05, 3.63) is 84.2 Å². The van der Waals surface area contributed by atoms with E-state index in [0.717, 1.165) is 30.9 Å². The minimum absolute atomic E-state index is 0.831. The highest BCUT2D eigenvalue weighted by Crippen LogP contribution is 2.23. The lowest BCUT2D eigenvalue weighted by Gasteiger charge is -2.13. The van der Waals surface area contributed by atoms with Crippen molar-refractivity contribution in [2.24, 2.45) is 0 Å². The van der Waals surface area contributed by atoms with Crippen molar-refractivity contribution in [1.29, 1.82) is 0 Å². The normalized spacial score (nSPS) is 10.7. The Morgan fingerprint density at radius 1 is 0.913 bits per heavy atom. The van der Waals surface area contributed by atoms with Gasteiger partial charge in [-0.1, -0.05) is 42.5 Å². The molecule has 0 radical (unpaired) electrons. The molecule has 3 rings (SSSR count). The van der Waals surface area contributed by atoms with Crippen LogP contribution in [0.4, 0.5) is 0 Å². The van der Waals surface area contributed by atoms with E-state index >= 15 is 0 Å². The van der Waals surface area contributed by atoms with Crippen LogP contribution in [0.2, 0.25) is 0 Å². The van der Waals surface area contributed by atoms with Crippen molar-refractivity contribution in [1.82, 2.24) is 9.88 Å². The summed E-state index contributed by atoms with van der Waals surface area (Å²) in [5, 5.41) is 3.52. The lowest BCUT2D eigenvalue weighted by atomic mass is 10.1. The van der Waals surface area contributed by atoms with Crippen molar-refractivity contribution >= 4 is 0 Å².